The van der Waals surface area contributed by atoms with Crippen molar-refractivity contribution >= 4 is 5.91 Å². The predicted molar refractivity (Wildman–Crippen MR) is 228 cm³/mol. The van der Waals surface area contributed by atoms with Crippen LogP contribution in [0.4, 0.5) is 0 Å². The summed E-state index contributed by atoms with van der Waals surface area (Å²) in [7, 11) is 0. The first kappa shape index (κ1) is 51.3. The van der Waals surface area contributed by atoms with Crippen LogP contribution in [0.25, 0.3) is 0 Å². The molecular weight excluding hydrogens is 659 g/mol. The fourth-order valence-corrected chi connectivity index (χ4v) is 6.61. The summed E-state index contributed by atoms with van der Waals surface area (Å²) in [6, 6.07) is -1.01. The highest BCUT2D eigenvalue weighted by Crippen LogP contribution is 2.15. The van der Waals surface area contributed by atoms with E-state index in [9.17, 15) is 25.2 Å². The summed E-state index contributed by atoms with van der Waals surface area (Å²) < 4.78 is 0. The Bertz CT molecular complexity index is 884. The molecule has 0 bridgehead atoms. The van der Waals surface area contributed by atoms with Gasteiger partial charge in [-0.05, 0) is 77.0 Å². The lowest BCUT2D eigenvalue weighted by molar-refractivity contribution is -0.132. The summed E-state index contributed by atoms with van der Waals surface area (Å²) in [5, 5.41) is 43.5. The number of carbonyl (C=O) groups is 1. The topological polar surface area (TPSA) is 110 Å². The van der Waals surface area contributed by atoms with Gasteiger partial charge in [0, 0.05) is 0 Å². The van der Waals surface area contributed by atoms with Crippen molar-refractivity contribution in [2.24, 2.45) is 0 Å². The smallest absolute Gasteiger partial charge is 0.249 e. The second-order valence-electron chi connectivity index (χ2n) is 15.4. The zero-order valence-electron chi connectivity index (χ0n) is 34.8. The van der Waals surface area contributed by atoms with E-state index in [1.807, 2.05) is 0 Å². The molecule has 0 aromatic rings. The van der Waals surface area contributed by atoms with Gasteiger partial charge in [-0.15, -0.1) is 0 Å². The maximum Gasteiger partial charge on any atom is 0.249 e. The van der Waals surface area contributed by atoms with Crippen LogP contribution in [0.2, 0.25) is 0 Å². The highest BCUT2D eigenvalue weighted by atomic mass is 16.3. The summed E-state index contributed by atoms with van der Waals surface area (Å²) >= 11 is 0. The number of amides is 1. The van der Waals surface area contributed by atoms with Crippen molar-refractivity contribution in [2.45, 2.75) is 237 Å². The average Bonchev–Trinajstić information content (AvgIpc) is 3.16. The number of rotatable bonds is 40. The maximum absolute atomic E-state index is 12.5. The van der Waals surface area contributed by atoms with Crippen molar-refractivity contribution in [2.75, 3.05) is 6.61 Å². The van der Waals surface area contributed by atoms with Crippen LogP contribution in [0.15, 0.2) is 48.6 Å². The minimum absolute atomic E-state index is 0.355. The Morgan fingerprint density at radius 3 is 1.36 bits per heavy atom. The molecule has 0 radical (unpaired) electrons. The molecule has 0 saturated carbocycles. The van der Waals surface area contributed by atoms with Gasteiger partial charge in [-0.3, -0.25) is 4.79 Å². The van der Waals surface area contributed by atoms with E-state index in [2.05, 4.69) is 67.8 Å². The molecule has 0 aliphatic rings. The molecule has 0 aromatic heterocycles. The largest absolute Gasteiger partial charge is 0.394 e. The van der Waals surface area contributed by atoms with Gasteiger partial charge in [0.15, 0.2) is 0 Å². The molecule has 0 aliphatic carbocycles. The summed E-state index contributed by atoms with van der Waals surface area (Å²) in [6.45, 7) is 3.97. The molecule has 310 valence electrons. The molecule has 0 aliphatic heterocycles. The van der Waals surface area contributed by atoms with Crippen molar-refractivity contribution in [3.05, 3.63) is 48.6 Å². The molecule has 53 heavy (non-hydrogen) atoms. The van der Waals surface area contributed by atoms with Gasteiger partial charge in [0.05, 0.1) is 18.8 Å². The lowest BCUT2D eigenvalue weighted by Gasteiger charge is -2.27. The Hall–Kier alpha value is -1.73. The molecule has 5 N–H and O–H groups in total. The molecule has 6 nitrogen and oxygen atoms in total. The highest BCUT2D eigenvalue weighted by molar-refractivity contribution is 5.80. The van der Waals surface area contributed by atoms with Crippen molar-refractivity contribution < 1.29 is 25.2 Å². The summed E-state index contributed by atoms with van der Waals surface area (Å²) in [5.41, 5.74) is 0. The van der Waals surface area contributed by atoms with Gasteiger partial charge >= 0.3 is 0 Å². The number of carbonyl (C=O) groups excluding carboxylic acids is 1. The molecule has 1 amide bonds. The van der Waals surface area contributed by atoms with E-state index < -0.39 is 36.9 Å². The van der Waals surface area contributed by atoms with E-state index in [1.54, 1.807) is 0 Å². The van der Waals surface area contributed by atoms with Gasteiger partial charge in [0.25, 0.3) is 0 Å². The monoisotopic (exact) mass is 746 g/mol. The van der Waals surface area contributed by atoms with E-state index in [0.29, 0.717) is 19.3 Å². The van der Waals surface area contributed by atoms with Crippen LogP contribution in [0.5, 0.6) is 0 Å². The SMILES string of the molecule is CCCC/C=C/CC/C=C/CCCC(O)C(O)C(CO)NC(=O)C(O)CCCCCCCCCCCC/C=C\C/C=C\CCCCCCCCCCC. The van der Waals surface area contributed by atoms with E-state index >= 15 is 0 Å². The van der Waals surface area contributed by atoms with Gasteiger partial charge in [0.2, 0.25) is 5.91 Å². The maximum atomic E-state index is 12.5. The number of aliphatic hydroxyl groups is 4. The average molecular weight is 746 g/mol. The van der Waals surface area contributed by atoms with E-state index in [1.165, 1.54) is 128 Å². The van der Waals surface area contributed by atoms with Crippen LogP contribution in [0.1, 0.15) is 213 Å². The molecule has 0 aromatic carbocycles. The van der Waals surface area contributed by atoms with Gasteiger partial charge in [-0.2, -0.15) is 0 Å². The Labute approximate surface area is 328 Å². The van der Waals surface area contributed by atoms with Crippen molar-refractivity contribution in [3.63, 3.8) is 0 Å². The van der Waals surface area contributed by atoms with Crippen molar-refractivity contribution in [3.8, 4) is 0 Å². The molecule has 0 heterocycles. The Kier molecular flexibility index (Phi) is 40.1. The second-order valence-corrected chi connectivity index (χ2v) is 15.4. The van der Waals surface area contributed by atoms with Crippen molar-refractivity contribution in [1.82, 2.24) is 5.32 Å². The molecule has 0 spiro atoms. The minimum atomic E-state index is -1.29. The standard InChI is InChI=1S/C47H87NO5/c1-3-5-7-9-11-13-15-16-17-18-19-20-21-22-23-24-25-26-27-28-29-31-33-35-37-39-41-45(51)47(53)48-43(42-49)46(52)44(50)40-38-36-34-32-30-14-12-10-8-6-4-2/h10,12,19-20,22-23,32,34,43-46,49-52H,3-9,11,13-18,21,24-31,33,35-42H2,1-2H3,(H,48,53)/b12-10+,20-19-,23-22-,34-32+. The quantitative estimate of drug-likeness (QED) is 0.0317. The first-order valence-electron chi connectivity index (χ1n) is 22.5. The zero-order valence-corrected chi connectivity index (χ0v) is 34.8. The lowest BCUT2D eigenvalue weighted by atomic mass is 10.00. The predicted octanol–water partition coefficient (Wildman–Crippen LogP) is 11.9. The molecule has 6 heteroatoms. The number of unbranched alkanes of at least 4 members (excludes halogenated alkanes) is 23. The first-order valence-corrected chi connectivity index (χ1v) is 22.5. The van der Waals surface area contributed by atoms with Crippen LogP contribution < -0.4 is 5.32 Å². The number of hydrogen-bond acceptors (Lipinski definition) is 5. The van der Waals surface area contributed by atoms with Crippen LogP contribution in [0.3, 0.4) is 0 Å². The zero-order chi connectivity index (χ0) is 38.9. The summed E-state index contributed by atoms with van der Waals surface area (Å²) in [6.07, 6.45) is 50.1. The molecule has 0 saturated heterocycles. The Morgan fingerprint density at radius 2 is 0.868 bits per heavy atom. The third kappa shape index (κ3) is 35.7. The van der Waals surface area contributed by atoms with Gasteiger partial charge in [-0.1, -0.05) is 184 Å². The fraction of sp³-hybridized carbons (Fsp3) is 0.809. The van der Waals surface area contributed by atoms with Gasteiger partial charge in [-0.25, -0.2) is 0 Å². The molecule has 4 unspecified atom stereocenters. The first-order chi connectivity index (χ1) is 26.0. The second kappa shape index (κ2) is 41.4. The third-order valence-electron chi connectivity index (χ3n) is 10.2. The molecule has 4 atom stereocenters. The number of aliphatic hydroxyl groups excluding tert-OH is 4. The van der Waals surface area contributed by atoms with Crippen molar-refractivity contribution in [1.29, 1.82) is 0 Å². The van der Waals surface area contributed by atoms with E-state index in [-0.39, 0.29) is 0 Å². The normalized spacial score (nSPS) is 14.6. The number of nitrogens with one attached hydrogen (secondary N) is 1. The fourth-order valence-electron chi connectivity index (χ4n) is 6.61. The number of allylic oxidation sites excluding steroid dienone is 8. The lowest BCUT2D eigenvalue weighted by Crippen LogP contribution is -2.53. The summed E-state index contributed by atoms with van der Waals surface area (Å²) in [4.78, 5) is 12.5. The van der Waals surface area contributed by atoms with Gasteiger partial charge < -0.3 is 25.7 Å². The Balaban J connectivity index is 3.71. The summed E-state index contributed by atoms with van der Waals surface area (Å²) in [5.74, 6) is -0.603. The van der Waals surface area contributed by atoms with E-state index in [0.717, 1.165) is 51.4 Å². The minimum Gasteiger partial charge on any atom is -0.394 e. The molecule has 0 rings (SSSR count). The van der Waals surface area contributed by atoms with Crippen LogP contribution in [-0.2, 0) is 4.79 Å². The van der Waals surface area contributed by atoms with Crippen LogP contribution >= 0.6 is 0 Å². The van der Waals surface area contributed by atoms with Crippen LogP contribution in [-0.4, -0.2) is 57.3 Å². The van der Waals surface area contributed by atoms with Gasteiger partial charge in [0.1, 0.15) is 12.2 Å². The molecular formula is C47H87NO5. The van der Waals surface area contributed by atoms with E-state index in [4.69, 9.17) is 0 Å². The Morgan fingerprint density at radius 1 is 0.472 bits per heavy atom. The third-order valence-corrected chi connectivity index (χ3v) is 10.2. The number of hydrogen-bond donors (Lipinski definition) is 5. The molecule has 0 fully saturated rings. The highest BCUT2D eigenvalue weighted by Gasteiger charge is 2.28. The van der Waals surface area contributed by atoms with Crippen LogP contribution in [0, 0.1) is 0 Å².